The second-order valence-corrected chi connectivity index (χ2v) is 7.58. The number of esters is 2. The quantitative estimate of drug-likeness (QED) is 0.458. The summed E-state index contributed by atoms with van der Waals surface area (Å²) in [5, 5.41) is 6.41. The molecule has 1 aromatic heterocycles. The molecule has 170 valence electrons. The fraction of sp³-hybridized carbons (Fsp3) is 0.240. The topological polar surface area (TPSA) is 110 Å². The summed E-state index contributed by atoms with van der Waals surface area (Å²) < 4.78 is 10.6. The van der Waals surface area contributed by atoms with Gasteiger partial charge >= 0.3 is 18.0 Å². The van der Waals surface area contributed by atoms with Gasteiger partial charge in [0.2, 0.25) is 0 Å². The Morgan fingerprint density at radius 2 is 1.76 bits per heavy atom. The van der Waals surface area contributed by atoms with E-state index in [-0.39, 0.29) is 30.9 Å². The lowest BCUT2D eigenvalue weighted by atomic mass is 9.95. The van der Waals surface area contributed by atoms with Gasteiger partial charge in [0, 0.05) is 23.5 Å². The van der Waals surface area contributed by atoms with Crippen LogP contribution >= 0.6 is 0 Å². The third-order valence-electron chi connectivity index (χ3n) is 5.43. The summed E-state index contributed by atoms with van der Waals surface area (Å²) in [7, 11) is 0. The summed E-state index contributed by atoms with van der Waals surface area (Å²) in [4.78, 5) is 40.7. The molecule has 33 heavy (non-hydrogen) atoms. The van der Waals surface area contributed by atoms with Gasteiger partial charge in [0.15, 0.2) is 0 Å². The minimum Gasteiger partial charge on any atom is -0.463 e. The molecule has 0 aliphatic carbocycles. The summed E-state index contributed by atoms with van der Waals surface area (Å²) in [6.07, 6.45) is 2.56. The number of nitrogens with one attached hydrogen (secondary N) is 3. The first-order valence-corrected chi connectivity index (χ1v) is 10.8. The number of hydrogen-bond donors (Lipinski definition) is 3. The number of ether oxygens (including phenoxy) is 2. The molecule has 1 aliphatic rings. The van der Waals surface area contributed by atoms with Crippen LogP contribution in [0.3, 0.4) is 0 Å². The molecular formula is C25H25N3O5. The molecule has 0 fully saturated rings. The maximum absolute atomic E-state index is 12.7. The number of urea groups is 1. The number of fused-ring (bicyclic) bond motifs is 1. The number of hydrogen-bond acceptors (Lipinski definition) is 5. The number of benzene rings is 2. The normalized spacial score (nSPS) is 15.7. The molecule has 3 aromatic rings. The summed E-state index contributed by atoms with van der Waals surface area (Å²) in [5.41, 5.74) is 3.18. The highest BCUT2D eigenvalue weighted by Gasteiger charge is 2.34. The Morgan fingerprint density at radius 1 is 1.00 bits per heavy atom. The third kappa shape index (κ3) is 5.06. The molecule has 8 nitrogen and oxygen atoms in total. The zero-order valence-electron chi connectivity index (χ0n) is 18.2. The standard InChI is InChI=1S/C25H25N3O5/c1-2-32-24(30)22-20(27-25(31)28-23(22)16-8-4-3-5-9-16)15-33-21(29)13-12-17-14-26-19-11-7-6-10-18(17)19/h3-11,14,23,26H,2,12-13,15H2,1H3,(H2,27,28,31). The maximum Gasteiger partial charge on any atom is 0.338 e. The summed E-state index contributed by atoms with van der Waals surface area (Å²) in [6, 6.07) is 15.8. The number of carbonyl (C=O) groups excluding carboxylic acids is 3. The van der Waals surface area contributed by atoms with Crippen LogP contribution < -0.4 is 10.6 Å². The van der Waals surface area contributed by atoms with E-state index in [0.717, 1.165) is 22.0 Å². The molecule has 1 unspecified atom stereocenters. The number of para-hydroxylation sites is 1. The molecule has 2 amide bonds. The highest BCUT2D eigenvalue weighted by atomic mass is 16.5. The minimum absolute atomic E-state index is 0.165. The second kappa shape index (κ2) is 10.0. The average molecular weight is 447 g/mol. The molecular weight excluding hydrogens is 422 g/mol. The van der Waals surface area contributed by atoms with Crippen molar-refractivity contribution < 1.29 is 23.9 Å². The van der Waals surface area contributed by atoms with Crippen molar-refractivity contribution in [1.29, 1.82) is 0 Å². The Kier molecular flexibility index (Phi) is 6.73. The van der Waals surface area contributed by atoms with Crippen molar-refractivity contribution >= 4 is 28.9 Å². The van der Waals surface area contributed by atoms with E-state index in [9.17, 15) is 14.4 Å². The van der Waals surface area contributed by atoms with Crippen LogP contribution in [0.1, 0.15) is 30.5 Å². The van der Waals surface area contributed by atoms with Crippen LogP contribution in [0.4, 0.5) is 4.79 Å². The van der Waals surface area contributed by atoms with Crippen LogP contribution in [0.5, 0.6) is 0 Å². The van der Waals surface area contributed by atoms with Gasteiger partial charge in [-0.3, -0.25) is 4.79 Å². The van der Waals surface area contributed by atoms with E-state index in [2.05, 4.69) is 15.6 Å². The molecule has 1 aliphatic heterocycles. The van der Waals surface area contributed by atoms with Gasteiger partial charge in [-0.05, 0) is 30.5 Å². The van der Waals surface area contributed by atoms with E-state index >= 15 is 0 Å². The highest BCUT2D eigenvalue weighted by molar-refractivity contribution is 5.95. The Labute approximate surface area is 191 Å². The molecule has 2 aromatic carbocycles. The maximum atomic E-state index is 12.7. The predicted octanol–water partition coefficient (Wildman–Crippen LogP) is 3.52. The van der Waals surface area contributed by atoms with Gasteiger partial charge in [-0.2, -0.15) is 0 Å². The molecule has 0 bridgehead atoms. The molecule has 8 heteroatoms. The first-order valence-electron chi connectivity index (χ1n) is 10.8. The SMILES string of the molecule is CCOC(=O)C1=C(COC(=O)CCc2c[nH]c3ccccc23)NC(=O)NC1c1ccccc1. The number of aromatic amines is 1. The van der Waals surface area contributed by atoms with Gasteiger partial charge in [0.05, 0.1) is 23.9 Å². The number of aryl methyl sites for hydroxylation is 1. The molecule has 2 heterocycles. The zero-order valence-corrected chi connectivity index (χ0v) is 18.2. The first kappa shape index (κ1) is 22.1. The van der Waals surface area contributed by atoms with Crippen LogP contribution in [0, 0.1) is 0 Å². The largest absolute Gasteiger partial charge is 0.463 e. The fourth-order valence-corrected chi connectivity index (χ4v) is 3.88. The molecule has 4 rings (SSSR count). The lowest BCUT2D eigenvalue weighted by Crippen LogP contribution is -2.47. The number of aromatic nitrogens is 1. The second-order valence-electron chi connectivity index (χ2n) is 7.58. The van der Waals surface area contributed by atoms with Gasteiger partial charge in [-0.1, -0.05) is 48.5 Å². The van der Waals surface area contributed by atoms with Crippen LogP contribution in [-0.2, 0) is 25.5 Å². The van der Waals surface area contributed by atoms with Crippen molar-refractivity contribution in [2.45, 2.75) is 25.8 Å². The van der Waals surface area contributed by atoms with Crippen LogP contribution in [-0.4, -0.2) is 36.2 Å². The molecule has 0 saturated heterocycles. The van der Waals surface area contributed by atoms with Crippen molar-refractivity contribution in [2.24, 2.45) is 0 Å². The lowest BCUT2D eigenvalue weighted by molar-refractivity contribution is -0.143. The summed E-state index contributed by atoms with van der Waals surface area (Å²) in [5.74, 6) is -1.01. The molecule has 1 atom stereocenters. The van der Waals surface area contributed by atoms with Crippen LogP contribution in [0.2, 0.25) is 0 Å². The molecule has 0 spiro atoms. The summed E-state index contributed by atoms with van der Waals surface area (Å²) >= 11 is 0. The minimum atomic E-state index is -0.709. The Bertz CT molecular complexity index is 1200. The van der Waals surface area contributed by atoms with Crippen LogP contribution in [0.25, 0.3) is 10.9 Å². The Balaban J connectivity index is 1.48. The van der Waals surface area contributed by atoms with Gasteiger partial charge in [0.1, 0.15) is 6.61 Å². The van der Waals surface area contributed by atoms with Crippen molar-refractivity contribution in [2.75, 3.05) is 13.2 Å². The van der Waals surface area contributed by atoms with E-state index in [1.165, 1.54) is 0 Å². The monoisotopic (exact) mass is 447 g/mol. The number of rotatable bonds is 8. The molecule has 0 radical (unpaired) electrons. The lowest BCUT2D eigenvalue weighted by Gasteiger charge is -2.29. The van der Waals surface area contributed by atoms with E-state index < -0.39 is 24.0 Å². The molecule has 0 saturated carbocycles. The Morgan fingerprint density at radius 3 is 2.55 bits per heavy atom. The van der Waals surface area contributed by atoms with Gasteiger partial charge in [-0.15, -0.1) is 0 Å². The Hall–Kier alpha value is -4.07. The number of amides is 2. The number of H-pyrrole nitrogens is 1. The van der Waals surface area contributed by atoms with Crippen LogP contribution in [0.15, 0.2) is 72.1 Å². The van der Waals surface area contributed by atoms with Gasteiger partial charge < -0.3 is 25.1 Å². The van der Waals surface area contributed by atoms with E-state index in [1.807, 2.05) is 48.7 Å². The zero-order chi connectivity index (χ0) is 23.2. The third-order valence-corrected chi connectivity index (χ3v) is 5.43. The average Bonchev–Trinajstić information content (AvgIpc) is 3.25. The number of carbonyl (C=O) groups is 3. The van der Waals surface area contributed by atoms with Gasteiger partial charge in [0.25, 0.3) is 0 Å². The first-order chi connectivity index (χ1) is 16.1. The van der Waals surface area contributed by atoms with E-state index in [4.69, 9.17) is 9.47 Å². The van der Waals surface area contributed by atoms with Crippen molar-refractivity contribution in [3.63, 3.8) is 0 Å². The van der Waals surface area contributed by atoms with Crippen molar-refractivity contribution in [3.05, 3.63) is 83.2 Å². The summed E-state index contributed by atoms with van der Waals surface area (Å²) in [6.45, 7) is 1.64. The fourth-order valence-electron chi connectivity index (χ4n) is 3.88. The highest BCUT2D eigenvalue weighted by Crippen LogP contribution is 2.28. The van der Waals surface area contributed by atoms with E-state index in [0.29, 0.717) is 6.42 Å². The van der Waals surface area contributed by atoms with Gasteiger partial charge in [-0.25, -0.2) is 9.59 Å². The van der Waals surface area contributed by atoms with E-state index in [1.54, 1.807) is 19.1 Å². The predicted molar refractivity (Wildman–Crippen MR) is 122 cm³/mol. The van der Waals surface area contributed by atoms with Crippen molar-refractivity contribution in [1.82, 2.24) is 15.6 Å². The molecule has 3 N–H and O–H groups in total. The smallest absolute Gasteiger partial charge is 0.338 e. The van der Waals surface area contributed by atoms with Crippen molar-refractivity contribution in [3.8, 4) is 0 Å².